The molecule has 112 valence electrons. The topological polar surface area (TPSA) is 29.5 Å². The summed E-state index contributed by atoms with van der Waals surface area (Å²) in [4.78, 5) is 0. The number of ether oxygens (including phenoxy) is 1. The summed E-state index contributed by atoms with van der Waals surface area (Å²) in [6.45, 7) is 0. The molecular formula is C18H14Br2O2. The van der Waals surface area contributed by atoms with Crippen LogP contribution in [0.2, 0.25) is 0 Å². The molecule has 1 aliphatic carbocycles. The van der Waals surface area contributed by atoms with E-state index in [4.69, 9.17) is 4.74 Å². The molecule has 5 rings (SSSR count). The molecule has 0 spiro atoms. The van der Waals surface area contributed by atoms with E-state index < -0.39 is 6.10 Å². The van der Waals surface area contributed by atoms with E-state index in [9.17, 15) is 5.11 Å². The minimum Gasteiger partial charge on any atom is -0.388 e. The van der Waals surface area contributed by atoms with Crippen LogP contribution in [0.15, 0.2) is 45.3 Å². The number of hydrogen-bond acceptors (Lipinski definition) is 2. The molecule has 5 unspecified atom stereocenters. The fraction of sp³-hybridized carbons (Fsp3) is 0.333. The number of rotatable bonds is 0. The molecule has 5 atom stereocenters. The maximum absolute atomic E-state index is 11.0. The van der Waals surface area contributed by atoms with Gasteiger partial charge in [-0.15, -0.1) is 0 Å². The summed E-state index contributed by atoms with van der Waals surface area (Å²) in [5.41, 5.74) is 4.87. The van der Waals surface area contributed by atoms with Crippen LogP contribution < -0.4 is 0 Å². The van der Waals surface area contributed by atoms with E-state index in [1.54, 1.807) is 0 Å². The Kier molecular flexibility index (Phi) is 2.91. The molecule has 2 aromatic rings. The van der Waals surface area contributed by atoms with Crippen LogP contribution in [0.5, 0.6) is 0 Å². The second kappa shape index (κ2) is 4.67. The normalized spacial score (nSPS) is 34.2. The zero-order chi connectivity index (χ0) is 15.0. The molecule has 2 aliphatic heterocycles. The summed E-state index contributed by atoms with van der Waals surface area (Å²) in [5, 5.41) is 11.0. The highest BCUT2D eigenvalue weighted by molar-refractivity contribution is 9.13. The van der Waals surface area contributed by atoms with Crippen molar-refractivity contribution in [2.24, 2.45) is 11.8 Å². The smallest absolute Gasteiger partial charge is 0.0897 e. The maximum atomic E-state index is 11.0. The Morgan fingerprint density at radius 3 is 2.41 bits per heavy atom. The van der Waals surface area contributed by atoms with Crippen molar-refractivity contribution in [2.75, 3.05) is 0 Å². The Morgan fingerprint density at radius 1 is 0.955 bits per heavy atom. The van der Waals surface area contributed by atoms with Crippen LogP contribution in [-0.4, -0.2) is 5.11 Å². The van der Waals surface area contributed by atoms with Crippen molar-refractivity contribution in [3.8, 4) is 0 Å². The van der Waals surface area contributed by atoms with Gasteiger partial charge in [0.2, 0.25) is 0 Å². The minimum absolute atomic E-state index is 0.0387. The lowest BCUT2D eigenvalue weighted by Crippen LogP contribution is -2.33. The van der Waals surface area contributed by atoms with Crippen LogP contribution in [0.3, 0.4) is 0 Å². The Bertz CT molecular complexity index is 789. The average molecular weight is 422 g/mol. The first kappa shape index (κ1) is 13.7. The van der Waals surface area contributed by atoms with Crippen molar-refractivity contribution in [1.82, 2.24) is 0 Å². The SMILES string of the molecule is OC1c2cc(Br)c(Br)cc2CC2C3OC(c4ccccc43)C12. The fourth-order valence-corrected chi connectivity index (χ4v) is 5.30. The quantitative estimate of drug-likeness (QED) is 0.658. The van der Waals surface area contributed by atoms with Gasteiger partial charge >= 0.3 is 0 Å². The molecule has 0 aromatic heterocycles. The second-order valence-electron chi connectivity index (χ2n) is 6.46. The van der Waals surface area contributed by atoms with E-state index in [-0.39, 0.29) is 18.1 Å². The predicted octanol–water partition coefficient (Wildman–Crippen LogP) is 4.86. The zero-order valence-corrected chi connectivity index (χ0v) is 14.8. The molecule has 0 radical (unpaired) electrons. The minimum atomic E-state index is -0.457. The molecule has 1 fully saturated rings. The lowest BCUT2D eigenvalue weighted by Gasteiger charge is -2.38. The van der Waals surface area contributed by atoms with Crippen molar-refractivity contribution >= 4 is 31.9 Å². The third-order valence-corrected chi connectivity index (χ3v) is 7.30. The summed E-state index contributed by atoms with van der Waals surface area (Å²) in [7, 11) is 0. The first-order valence-electron chi connectivity index (χ1n) is 7.55. The second-order valence-corrected chi connectivity index (χ2v) is 8.17. The van der Waals surface area contributed by atoms with Crippen LogP contribution in [0.25, 0.3) is 0 Å². The van der Waals surface area contributed by atoms with Gasteiger partial charge in [0, 0.05) is 20.8 Å². The summed E-state index contributed by atoms with van der Waals surface area (Å²) >= 11 is 7.13. The maximum Gasteiger partial charge on any atom is 0.0897 e. The highest BCUT2D eigenvalue weighted by atomic mass is 79.9. The first-order chi connectivity index (χ1) is 10.6. The number of fused-ring (bicyclic) bond motifs is 9. The number of hydrogen-bond donors (Lipinski definition) is 1. The molecule has 22 heavy (non-hydrogen) atoms. The first-order valence-corrected chi connectivity index (χ1v) is 9.14. The van der Waals surface area contributed by atoms with Gasteiger partial charge in [0.1, 0.15) is 0 Å². The number of halogens is 2. The van der Waals surface area contributed by atoms with Gasteiger partial charge in [0.05, 0.1) is 18.3 Å². The fourth-order valence-electron chi connectivity index (χ4n) is 4.55. The molecule has 0 amide bonds. The standard InChI is InChI=1S/C18H14Br2O2/c19-13-6-8-5-12-15(16(21)11(8)7-14(13)20)18-10-4-2-1-3-9(10)17(12)22-18/h1-4,6-7,12,15-18,21H,5H2. The van der Waals surface area contributed by atoms with E-state index in [2.05, 4.69) is 68.3 Å². The molecule has 2 nitrogen and oxygen atoms in total. The average Bonchev–Trinajstić information content (AvgIpc) is 3.07. The van der Waals surface area contributed by atoms with E-state index in [1.807, 2.05) is 0 Å². The summed E-state index contributed by atoms with van der Waals surface area (Å²) < 4.78 is 8.31. The molecular weight excluding hydrogens is 408 g/mol. The van der Waals surface area contributed by atoms with Crippen LogP contribution in [0.4, 0.5) is 0 Å². The Labute approximate surface area is 145 Å². The molecule has 1 N–H and O–H groups in total. The number of aliphatic hydroxyl groups excluding tert-OH is 1. The van der Waals surface area contributed by atoms with Gasteiger partial charge in [-0.1, -0.05) is 24.3 Å². The third kappa shape index (κ3) is 1.67. The molecule has 2 bridgehead atoms. The molecule has 1 saturated heterocycles. The highest BCUT2D eigenvalue weighted by Gasteiger charge is 2.56. The van der Waals surface area contributed by atoms with Gasteiger partial charge in [-0.25, -0.2) is 0 Å². The van der Waals surface area contributed by atoms with Crippen LogP contribution in [-0.2, 0) is 11.2 Å². The van der Waals surface area contributed by atoms with Crippen molar-refractivity contribution in [3.05, 3.63) is 67.6 Å². The monoisotopic (exact) mass is 420 g/mol. The van der Waals surface area contributed by atoms with Gasteiger partial charge in [-0.2, -0.15) is 0 Å². The van der Waals surface area contributed by atoms with E-state index in [0.717, 1.165) is 20.9 Å². The van der Waals surface area contributed by atoms with E-state index >= 15 is 0 Å². The van der Waals surface area contributed by atoms with Gasteiger partial charge in [0.25, 0.3) is 0 Å². The number of aliphatic hydroxyl groups is 1. The predicted molar refractivity (Wildman–Crippen MR) is 90.5 cm³/mol. The van der Waals surface area contributed by atoms with Crippen molar-refractivity contribution in [2.45, 2.75) is 24.7 Å². The van der Waals surface area contributed by atoms with Gasteiger partial charge < -0.3 is 9.84 Å². The van der Waals surface area contributed by atoms with Crippen LogP contribution in [0.1, 0.15) is 40.6 Å². The summed E-state index contributed by atoms with van der Waals surface area (Å²) in [6.07, 6.45) is 0.688. The molecule has 2 heterocycles. The van der Waals surface area contributed by atoms with Crippen molar-refractivity contribution in [3.63, 3.8) is 0 Å². The Morgan fingerprint density at radius 2 is 1.64 bits per heavy atom. The van der Waals surface area contributed by atoms with Gasteiger partial charge in [-0.3, -0.25) is 0 Å². The van der Waals surface area contributed by atoms with Gasteiger partial charge in [0.15, 0.2) is 0 Å². The molecule has 2 aromatic carbocycles. The van der Waals surface area contributed by atoms with Crippen LogP contribution >= 0.6 is 31.9 Å². The van der Waals surface area contributed by atoms with E-state index in [1.165, 1.54) is 16.7 Å². The summed E-state index contributed by atoms with van der Waals surface area (Å²) in [6, 6.07) is 12.7. The third-order valence-electron chi connectivity index (χ3n) is 5.46. The number of benzene rings is 2. The largest absolute Gasteiger partial charge is 0.388 e. The van der Waals surface area contributed by atoms with Crippen LogP contribution in [0, 0.1) is 11.8 Å². The lowest BCUT2D eigenvalue weighted by molar-refractivity contribution is 0.0213. The lowest BCUT2D eigenvalue weighted by atomic mass is 9.66. The molecule has 4 heteroatoms. The molecule has 0 saturated carbocycles. The summed E-state index contributed by atoms with van der Waals surface area (Å²) in [5.74, 6) is 0.538. The van der Waals surface area contributed by atoms with Gasteiger partial charge in [-0.05, 0) is 72.7 Å². The Hall–Kier alpha value is -0.680. The zero-order valence-electron chi connectivity index (χ0n) is 11.7. The van der Waals surface area contributed by atoms with Crippen molar-refractivity contribution < 1.29 is 9.84 Å². The molecule has 3 aliphatic rings. The Balaban J connectivity index is 1.64. The highest BCUT2D eigenvalue weighted by Crippen LogP contribution is 2.63. The van der Waals surface area contributed by atoms with E-state index in [0.29, 0.717) is 5.92 Å². The van der Waals surface area contributed by atoms with Crippen molar-refractivity contribution in [1.29, 1.82) is 0 Å².